The predicted molar refractivity (Wildman–Crippen MR) is 99.6 cm³/mol. The normalized spacial score (nSPS) is 10.8. The Hall–Kier alpha value is -2.67. The van der Waals surface area contributed by atoms with Gasteiger partial charge in [0, 0.05) is 23.5 Å². The first-order valence-corrected chi connectivity index (χ1v) is 8.79. The zero-order valence-corrected chi connectivity index (χ0v) is 15.1. The summed E-state index contributed by atoms with van der Waals surface area (Å²) in [6, 6.07) is 8.70. The average molecular weight is 357 g/mol. The second kappa shape index (κ2) is 7.06. The third-order valence-corrected chi connectivity index (χ3v) is 4.71. The molecule has 0 aliphatic heterocycles. The van der Waals surface area contributed by atoms with Crippen LogP contribution in [0, 0.1) is 13.8 Å². The van der Waals surface area contributed by atoms with Crippen LogP contribution in [-0.2, 0) is 11.3 Å². The van der Waals surface area contributed by atoms with Crippen molar-refractivity contribution < 1.29 is 9.53 Å². The molecule has 0 bridgehead atoms. The summed E-state index contributed by atoms with van der Waals surface area (Å²) in [4.78, 5) is 28.3. The molecule has 1 amide bonds. The Morgan fingerprint density at radius 1 is 1.24 bits per heavy atom. The molecule has 3 rings (SSSR count). The number of aryl methyl sites for hydroxylation is 2. The van der Waals surface area contributed by atoms with Gasteiger partial charge < -0.3 is 14.6 Å². The highest BCUT2D eigenvalue weighted by atomic mass is 32.1. The minimum Gasteiger partial charge on any atom is -0.494 e. The molecule has 0 unspecified atom stereocenters. The second-order valence-electron chi connectivity index (χ2n) is 5.69. The molecule has 25 heavy (non-hydrogen) atoms. The minimum absolute atomic E-state index is 0.0528. The number of thiazole rings is 1. The first-order chi connectivity index (χ1) is 12.0. The van der Waals surface area contributed by atoms with Gasteiger partial charge >= 0.3 is 0 Å². The van der Waals surface area contributed by atoms with Crippen LogP contribution in [0.1, 0.15) is 18.3 Å². The molecule has 7 heteroatoms. The number of carbonyl (C=O) groups excluding carboxylic acids is 1. The summed E-state index contributed by atoms with van der Waals surface area (Å²) in [6.45, 7) is 6.30. The lowest BCUT2D eigenvalue weighted by molar-refractivity contribution is -0.116. The van der Waals surface area contributed by atoms with Gasteiger partial charge in [-0.2, -0.15) is 0 Å². The van der Waals surface area contributed by atoms with Crippen LogP contribution in [0.15, 0.2) is 35.1 Å². The van der Waals surface area contributed by atoms with Crippen LogP contribution in [-0.4, -0.2) is 22.1 Å². The lowest BCUT2D eigenvalue weighted by Crippen LogP contribution is -2.23. The third kappa shape index (κ3) is 3.88. The molecule has 0 fully saturated rings. The van der Waals surface area contributed by atoms with Crippen molar-refractivity contribution >= 4 is 32.6 Å². The maximum Gasteiger partial charge on any atom is 0.246 e. The van der Waals surface area contributed by atoms with Crippen LogP contribution >= 0.6 is 11.3 Å². The zero-order chi connectivity index (χ0) is 18.0. The molecule has 130 valence electrons. The van der Waals surface area contributed by atoms with Crippen molar-refractivity contribution in [1.29, 1.82) is 0 Å². The Morgan fingerprint density at radius 3 is 2.64 bits per heavy atom. The van der Waals surface area contributed by atoms with Crippen molar-refractivity contribution in [2.75, 3.05) is 11.9 Å². The number of rotatable bonds is 5. The van der Waals surface area contributed by atoms with E-state index >= 15 is 0 Å². The molecular weight excluding hydrogens is 338 g/mol. The molecular formula is C18H19N3O3S. The van der Waals surface area contributed by atoms with Crippen molar-refractivity contribution in [1.82, 2.24) is 9.55 Å². The summed E-state index contributed by atoms with van der Waals surface area (Å²) in [6.07, 6.45) is 0. The number of carbonyl (C=O) groups is 1. The molecule has 1 aromatic carbocycles. The number of hydrogen-bond donors (Lipinski definition) is 1. The first-order valence-electron chi connectivity index (χ1n) is 7.97. The largest absolute Gasteiger partial charge is 0.494 e. The Kier molecular flexibility index (Phi) is 4.85. The van der Waals surface area contributed by atoms with Crippen LogP contribution in [0.2, 0.25) is 0 Å². The molecule has 0 saturated carbocycles. The first kappa shape index (κ1) is 17.2. The number of amides is 1. The summed E-state index contributed by atoms with van der Waals surface area (Å²) in [5, 5.41) is 3.38. The number of hydrogen-bond acceptors (Lipinski definition) is 5. The predicted octanol–water partition coefficient (Wildman–Crippen LogP) is 3.11. The monoisotopic (exact) mass is 357 g/mol. The number of nitrogens with zero attached hydrogens (tertiary/aromatic N) is 2. The Morgan fingerprint density at radius 2 is 1.96 bits per heavy atom. The molecule has 0 aliphatic carbocycles. The van der Waals surface area contributed by atoms with Crippen LogP contribution in [0.5, 0.6) is 5.75 Å². The number of anilines is 1. The van der Waals surface area contributed by atoms with Crippen molar-refractivity contribution in [3.8, 4) is 5.75 Å². The van der Waals surface area contributed by atoms with Gasteiger partial charge in [0.15, 0.2) is 10.6 Å². The average Bonchev–Trinajstić information content (AvgIpc) is 2.92. The van der Waals surface area contributed by atoms with Crippen molar-refractivity contribution in [3.05, 3.63) is 51.9 Å². The van der Waals surface area contributed by atoms with E-state index in [0.29, 0.717) is 11.7 Å². The van der Waals surface area contributed by atoms with Crippen LogP contribution in [0.25, 0.3) is 10.2 Å². The highest BCUT2D eigenvalue weighted by Crippen LogP contribution is 2.29. The van der Waals surface area contributed by atoms with E-state index in [1.807, 2.05) is 39.0 Å². The molecule has 0 atom stereocenters. The lowest BCUT2D eigenvalue weighted by Gasteiger charge is -2.13. The van der Waals surface area contributed by atoms with Crippen LogP contribution < -0.4 is 15.5 Å². The number of nitrogens with one attached hydrogen (secondary N) is 1. The number of ether oxygens (including phenoxy) is 1. The van der Waals surface area contributed by atoms with Gasteiger partial charge in [0.1, 0.15) is 12.3 Å². The Balaban J connectivity index is 1.77. The fraction of sp³-hybridized carbons (Fsp3) is 0.278. The van der Waals surface area contributed by atoms with Gasteiger partial charge in [-0.1, -0.05) is 11.3 Å². The third-order valence-electron chi connectivity index (χ3n) is 3.77. The standard InChI is InChI=1S/C18H19N3O3S/c1-4-24-14-5-6-15-16(9-14)25-18(19-15)20-17(23)10-21-11(2)7-13(22)8-12(21)3/h5-9H,4,10H2,1-3H3,(H,19,20,23). The van der Waals surface area contributed by atoms with E-state index in [0.717, 1.165) is 27.4 Å². The van der Waals surface area contributed by atoms with Gasteiger partial charge in [0.25, 0.3) is 0 Å². The van der Waals surface area contributed by atoms with Crippen molar-refractivity contribution in [2.45, 2.75) is 27.3 Å². The summed E-state index contributed by atoms with van der Waals surface area (Å²) in [5.74, 6) is 0.606. The molecule has 2 heterocycles. The quantitative estimate of drug-likeness (QED) is 0.761. The van der Waals surface area contributed by atoms with Crippen molar-refractivity contribution in [2.24, 2.45) is 0 Å². The molecule has 2 aromatic heterocycles. The van der Waals surface area contributed by atoms with Crippen LogP contribution in [0.3, 0.4) is 0 Å². The van der Waals surface area contributed by atoms with E-state index in [1.54, 1.807) is 4.57 Å². The van der Waals surface area contributed by atoms with Gasteiger partial charge in [-0.25, -0.2) is 4.98 Å². The SMILES string of the molecule is CCOc1ccc2nc(NC(=O)Cn3c(C)cc(=O)cc3C)sc2c1. The van der Waals surface area contributed by atoms with Gasteiger partial charge in [-0.3, -0.25) is 9.59 Å². The van der Waals surface area contributed by atoms with Gasteiger partial charge in [-0.05, 0) is 39.0 Å². The molecule has 0 radical (unpaired) electrons. The maximum atomic E-state index is 12.3. The van der Waals surface area contributed by atoms with E-state index < -0.39 is 0 Å². The summed E-state index contributed by atoms with van der Waals surface area (Å²) >= 11 is 1.40. The maximum absolute atomic E-state index is 12.3. The summed E-state index contributed by atoms with van der Waals surface area (Å²) < 4.78 is 8.24. The van der Waals surface area contributed by atoms with Gasteiger partial charge in [0.2, 0.25) is 5.91 Å². The highest BCUT2D eigenvalue weighted by molar-refractivity contribution is 7.22. The Bertz CT molecular complexity index is 965. The fourth-order valence-electron chi connectivity index (χ4n) is 2.65. The zero-order valence-electron chi connectivity index (χ0n) is 14.3. The molecule has 0 spiro atoms. The number of aromatic nitrogens is 2. The van der Waals surface area contributed by atoms with Gasteiger partial charge in [-0.15, -0.1) is 0 Å². The molecule has 6 nitrogen and oxygen atoms in total. The van der Waals surface area contributed by atoms with Crippen molar-refractivity contribution in [3.63, 3.8) is 0 Å². The molecule has 0 aliphatic rings. The van der Waals surface area contributed by atoms with E-state index in [1.165, 1.54) is 23.5 Å². The molecule has 1 N–H and O–H groups in total. The van der Waals surface area contributed by atoms with Crippen LogP contribution in [0.4, 0.5) is 5.13 Å². The minimum atomic E-state index is -0.182. The summed E-state index contributed by atoms with van der Waals surface area (Å²) in [7, 11) is 0. The van der Waals surface area contributed by atoms with E-state index in [-0.39, 0.29) is 17.9 Å². The fourth-order valence-corrected chi connectivity index (χ4v) is 3.56. The van der Waals surface area contributed by atoms with E-state index in [9.17, 15) is 9.59 Å². The van der Waals surface area contributed by atoms with Gasteiger partial charge in [0.05, 0.1) is 16.8 Å². The topological polar surface area (TPSA) is 73.2 Å². The number of pyridine rings is 1. The molecule has 3 aromatic rings. The van der Waals surface area contributed by atoms with E-state index in [2.05, 4.69) is 10.3 Å². The second-order valence-corrected chi connectivity index (χ2v) is 6.72. The number of benzene rings is 1. The smallest absolute Gasteiger partial charge is 0.246 e. The number of fused-ring (bicyclic) bond motifs is 1. The summed E-state index contributed by atoms with van der Waals surface area (Å²) in [5.41, 5.74) is 2.28. The Labute approximate surface area is 149 Å². The van der Waals surface area contributed by atoms with E-state index in [4.69, 9.17) is 4.74 Å². The lowest BCUT2D eigenvalue weighted by atomic mass is 10.3. The highest BCUT2D eigenvalue weighted by Gasteiger charge is 2.11. The molecule has 0 saturated heterocycles.